The van der Waals surface area contributed by atoms with Crippen LogP contribution in [0.3, 0.4) is 0 Å². The maximum absolute atomic E-state index is 13.0. The van der Waals surface area contributed by atoms with E-state index >= 15 is 0 Å². The minimum atomic E-state index is -0.931. The monoisotopic (exact) mass is 325 g/mol. The summed E-state index contributed by atoms with van der Waals surface area (Å²) in [6.07, 6.45) is 3.97. The van der Waals surface area contributed by atoms with Gasteiger partial charge in [0.25, 0.3) is 5.91 Å². The average Bonchev–Trinajstić information content (AvgIpc) is 3.30. The molecule has 6 heteroatoms. The maximum Gasteiger partial charge on any atom is 0.326 e. The van der Waals surface area contributed by atoms with E-state index in [9.17, 15) is 14.7 Å². The SMILES string of the molecule is O=C(O)[C@H]1CCCN1C(=O)c1nn(-c2ccccc2)c2c1CCC2. The van der Waals surface area contributed by atoms with Crippen molar-refractivity contribution in [2.24, 2.45) is 0 Å². The van der Waals surface area contributed by atoms with E-state index in [0.717, 1.165) is 42.6 Å². The molecule has 0 spiro atoms. The number of amides is 1. The first-order valence-corrected chi connectivity index (χ1v) is 8.37. The number of aliphatic carboxylic acids is 1. The van der Waals surface area contributed by atoms with Crippen molar-refractivity contribution in [2.45, 2.75) is 38.1 Å². The highest BCUT2D eigenvalue weighted by molar-refractivity contribution is 5.97. The van der Waals surface area contributed by atoms with Crippen LogP contribution in [-0.2, 0) is 17.6 Å². The standard InChI is InChI=1S/C18H19N3O3/c22-17(20-11-5-10-15(20)18(23)24)16-13-8-4-9-14(13)21(19-16)12-6-2-1-3-7-12/h1-3,6-7,15H,4-5,8-11H2,(H,23,24)/t15-/m1/s1. The Morgan fingerprint density at radius 3 is 2.67 bits per heavy atom. The predicted octanol–water partition coefficient (Wildman–Crippen LogP) is 2.05. The van der Waals surface area contributed by atoms with Gasteiger partial charge in [-0.25, -0.2) is 9.48 Å². The number of likely N-dealkylation sites (tertiary alicyclic amines) is 1. The van der Waals surface area contributed by atoms with Gasteiger partial charge in [-0.15, -0.1) is 0 Å². The normalized spacial score (nSPS) is 19.5. The number of carboxylic acids is 1. The molecule has 0 unspecified atom stereocenters. The lowest BCUT2D eigenvalue weighted by molar-refractivity contribution is -0.141. The van der Waals surface area contributed by atoms with Gasteiger partial charge in [0.15, 0.2) is 5.69 Å². The van der Waals surface area contributed by atoms with Crippen LogP contribution in [-0.4, -0.2) is 44.3 Å². The molecule has 1 amide bonds. The second-order valence-electron chi connectivity index (χ2n) is 6.37. The van der Waals surface area contributed by atoms with Crippen LogP contribution in [0.2, 0.25) is 0 Å². The van der Waals surface area contributed by atoms with Gasteiger partial charge < -0.3 is 10.0 Å². The molecule has 2 heterocycles. The van der Waals surface area contributed by atoms with Crippen LogP contribution >= 0.6 is 0 Å². The molecule has 1 aromatic heterocycles. The van der Waals surface area contributed by atoms with Crippen molar-refractivity contribution in [3.8, 4) is 5.69 Å². The van der Waals surface area contributed by atoms with Gasteiger partial charge in [0.05, 0.1) is 5.69 Å². The minimum absolute atomic E-state index is 0.243. The lowest BCUT2D eigenvalue weighted by atomic mass is 10.1. The van der Waals surface area contributed by atoms with Gasteiger partial charge in [0.1, 0.15) is 6.04 Å². The van der Waals surface area contributed by atoms with E-state index in [1.165, 1.54) is 4.90 Å². The Morgan fingerprint density at radius 2 is 1.92 bits per heavy atom. The van der Waals surface area contributed by atoms with E-state index in [1.54, 1.807) is 0 Å². The molecule has 4 rings (SSSR count). The number of fused-ring (bicyclic) bond motifs is 1. The van der Waals surface area contributed by atoms with Crippen molar-refractivity contribution < 1.29 is 14.7 Å². The van der Waals surface area contributed by atoms with E-state index in [4.69, 9.17) is 0 Å². The highest BCUT2D eigenvalue weighted by Crippen LogP contribution is 2.30. The zero-order valence-electron chi connectivity index (χ0n) is 13.3. The summed E-state index contributed by atoms with van der Waals surface area (Å²) in [7, 11) is 0. The van der Waals surface area contributed by atoms with Gasteiger partial charge in [0, 0.05) is 17.8 Å². The summed E-state index contributed by atoms with van der Waals surface area (Å²) in [6, 6.07) is 9.05. The van der Waals surface area contributed by atoms with Crippen molar-refractivity contribution in [2.75, 3.05) is 6.54 Å². The first kappa shape index (κ1) is 14.9. The lowest BCUT2D eigenvalue weighted by Gasteiger charge is -2.20. The molecule has 1 aliphatic carbocycles. The number of nitrogens with zero attached hydrogens (tertiary/aromatic N) is 3. The Kier molecular flexibility index (Phi) is 3.59. The van der Waals surface area contributed by atoms with Crippen LogP contribution in [0.15, 0.2) is 30.3 Å². The number of benzene rings is 1. The summed E-state index contributed by atoms with van der Waals surface area (Å²) in [4.78, 5) is 25.8. The molecule has 1 aromatic carbocycles. The quantitative estimate of drug-likeness (QED) is 0.937. The molecule has 6 nitrogen and oxygen atoms in total. The largest absolute Gasteiger partial charge is 0.480 e. The summed E-state index contributed by atoms with van der Waals surface area (Å²) < 4.78 is 1.85. The number of hydrogen-bond acceptors (Lipinski definition) is 3. The maximum atomic E-state index is 13.0. The Labute approximate surface area is 139 Å². The van der Waals surface area contributed by atoms with Gasteiger partial charge >= 0.3 is 5.97 Å². The summed E-state index contributed by atoms with van der Waals surface area (Å²) in [5.74, 6) is -1.17. The molecule has 24 heavy (non-hydrogen) atoms. The number of para-hydroxylation sites is 1. The number of rotatable bonds is 3. The predicted molar refractivity (Wildman–Crippen MR) is 87.3 cm³/mol. The van der Waals surface area contributed by atoms with Crippen molar-refractivity contribution >= 4 is 11.9 Å². The van der Waals surface area contributed by atoms with Gasteiger partial charge in [0.2, 0.25) is 0 Å². The number of hydrogen-bond donors (Lipinski definition) is 1. The molecule has 0 radical (unpaired) electrons. The fraction of sp³-hybridized carbons (Fsp3) is 0.389. The van der Waals surface area contributed by atoms with Gasteiger partial charge in [-0.2, -0.15) is 5.10 Å². The molecule has 124 valence electrons. The minimum Gasteiger partial charge on any atom is -0.480 e. The molecule has 2 aromatic rings. The molecule has 1 N–H and O–H groups in total. The molecule has 1 aliphatic heterocycles. The van der Waals surface area contributed by atoms with Crippen LogP contribution in [0.1, 0.15) is 41.0 Å². The fourth-order valence-electron chi connectivity index (χ4n) is 3.79. The number of aromatic nitrogens is 2. The third kappa shape index (κ3) is 2.29. The molecule has 0 saturated carbocycles. The van der Waals surface area contributed by atoms with Crippen LogP contribution in [0.4, 0.5) is 0 Å². The molecule has 1 saturated heterocycles. The van der Waals surface area contributed by atoms with Crippen molar-refractivity contribution in [1.29, 1.82) is 0 Å². The van der Waals surface area contributed by atoms with Crippen molar-refractivity contribution in [1.82, 2.24) is 14.7 Å². The lowest BCUT2D eigenvalue weighted by Crippen LogP contribution is -2.40. The van der Waals surface area contributed by atoms with E-state index < -0.39 is 12.0 Å². The summed E-state index contributed by atoms with van der Waals surface area (Å²) >= 11 is 0. The van der Waals surface area contributed by atoms with Crippen molar-refractivity contribution in [3.63, 3.8) is 0 Å². The molecule has 1 fully saturated rings. The molecular formula is C18H19N3O3. The molecular weight excluding hydrogens is 306 g/mol. The van der Waals surface area contributed by atoms with Gasteiger partial charge in [-0.3, -0.25) is 4.79 Å². The second kappa shape index (κ2) is 5.78. The summed E-state index contributed by atoms with van der Waals surface area (Å²) in [5.41, 5.74) is 3.43. The number of carbonyl (C=O) groups excluding carboxylic acids is 1. The highest BCUT2D eigenvalue weighted by atomic mass is 16.4. The second-order valence-corrected chi connectivity index (χ2v) is 6.37. The zero-order valence-corrected chi connectivity index (χ0v) is 13.3. The summed E-state index contributed by atoms with van der Waals surface area (Å²) in [5, 5.41) is 13.9. The van der Waals surface area contributed by atoms with E-state index in [1.807, 2.05) is 35.0 Å². The van der Waals surface area contributed by atoms with Gasteiger partial charge in [-0.1, -0.05) is 18.2 Å². The van der Waals surface area contributed by atoms with Gasteiger partial charge in [-0.05, 0) is 44.2 Å². The smallest absolute Gasteiger partial charge is 0.326 e. The van der Waals surface area contributed by atoms with Crippen LogP contribution in [0.25, 0.3) is 5.69 Å². The topological polar surface area (TPSA) is 75.4 Å². The van der Waals surface area contributed by atoms with Crippen molar-refractivity contribution in [3.05, 3.63) is 47.3 Å². The fourth-order valence-corrected chi connectivity index (χ4v) is 3.79. The Morgan fingerprint density at radius 1 is 1.12 bits per heavy atom. The Balaban J connectivity index is 1.74. The Hall–Kier alpha value is -2.63. The van der Waals surface area contributed by atoms with E-state index in [-0.39, 0.29) is 5.91 Å². The number of carbonyl (C=O) groups is 2. The first-order chi connectivity index (χ1) is 11.7. The number of carboxylic acid groups (broad SMARTS) is 1. The highest BCUT2D eigenvalue weighted by Gasteiger charge is 2.37. The van der Waals surface area contributed by atoms with Crippen LogP contribution in [0.5, 0.6) is 0 Å². The molecule has 2 aliphatic rings. The Bertz CT molecular complexity index is 797. The molecule has 0 bridgehead atoms. The van der Waals surface area contributed by atoms with E-state index in [2.05, 4.69) is 5.10 Å². The average molecular weight is 325 g/mol. The van der Waals surface area contributed by atoms with E-state index in [0.29, 0.717) is 18.7 Å². The van der Waals surface area contributed by atoms with Crippen LogP contribution in [0, 0.1) is 0 Å². The van der Waals surface area contributed by atoms with Crippen LogP contribution < -0.4 is 0 Å². The third-order valence-electron chi connectivity index (χ3n) is 4.93. The first-order valence-electron chi connectivity index (χ1n) is 8.37. The zero-order chi connectivity index (χ0) is 16.7. The summed E-state index contributed by atoms with van der Waals surface area (Å²) in [6.45, 7) is 0.489. The third-order valence-corrected chi connectivity index (χ3v) is 4.93. The molecule has 1 atom stereocenters.